The number of alkyl carbamates (subject to hydrolysis) is 1. The lowest BCUT2D eigenvalue weighted by atomic mass is 10.4. The van der Waals surface area contributed by atoms with E-state index in [4.69, 9.17) is 5.73 Å². The van der Waals surface area contributed by atoms with Crippen LogP contribution in [0.25, 0.3) is 0 Å². The zero-order chi connectivity index (χ0) is 10.7. The Hall–Kier alpha value is -0.770. The van der Waals surface area contributed by atoms with Crippen LogP contribution in [0.15, 0.2) is 0 Å². The molecule has 0 aromatic rings. The minimum absolute atomic E-state index is 0.116. The van der Waals surface area contributed by atoms with E-state index in [1.54, 1.807) is 0 Å². The molecule has 0 saturated carbocycles. The van der Waals surface area contributed by atoms with Gasteiger partial charge in [-0.3, -0.25) is 0 Å². The van der Waals surface area contributed by atoms with Crippen LogP contribution in [0.5, 0.6) is 0 Å². The Morgan fingerprint density at radius 2 is 1.92 bits per heavy atom. The van der Waals surface area contributed by atoms with Gasteiger partial charge in [0.25, 0.3) is 0 Å². The maximum atomic E-state index is 10.6. The van der Waals surface area contributed by atoms with Crippen LogP contribution < -0.4 is 11.1 Å². The third-order valence-corrected chi connectivity index (χ3v) is 0.758. The summed E-state index contributed by atoms with van der Waals surface area (Å²) in [6.07, 6.45) is 0.848. The van der Waals surface area contributed by atoms with E-state index in [9.17, 15) is 4.79 Å². The number of hydrogen-bond acceptors (Lipinski definition) is 3. The van der Waals surface area contributed by atoms with Crippen molar-refractivity contribution >= 4 is 6.09 Å². The summed E-state index contributed by atoms with van der Waals surface area (Å²) in [5.74, 6) is 0. The molecule has 3 N–H and O–H groups in total. The van der Waals surface area contributed by atoms with E-state index in [2.05, 4.69) is 23.9 Å². The van der Waals surface area contributed by atoms with Gasteiger partial charge in [-0.15, -0.1) is 0 Å². The summed E-state index contributed by atoms with van der Waals surface area (Å²) in [7, 11) is 0. The highest BCUT2D eigenvalue weighted by atomic mass is 16.5. The molecule has 0 radical (unpaired) electrons. The molecule has 0 fully saturated rings. The monoisotopic (exact) mass is 190 g/mol. The molecule has 80 valence electrons. The van der Waals surface area contributed by atoms with Gasteiger partial charge in [0.2, 0.25) is 0 Å². The minimum atomic E-state index is -0.402. The minimum Gasteiger partial charge on any atom is -0.448 e. The fourth-order valence-corrected chi connectivity index (χ4v) is 0.429. The second-order valence-corrected chi connectivity index (χ2v) is 2.93. The average Bonchev–Trinajstić information content (AvgIpc) is 2.01. The molecule has 0 saturated heterocycles. The molecule has 0 aliphatic carbocycles. The van der Waals surface area contributed by atoms with Crippen molar-refractivity contribution in [3.8, 4) is 0 Å². The molecule has 1 amide bonds. The Bertz CT molecular complexity index is 116. The van der Waals surface area contributed by atoms with Crippen molar-refractivity contribution < 1.29 is 9.53 Å². The fraction of sp³-hybridized carbons (Fsp3) is 0.889. The van der Waals surface area contributed by atoms with Crippen molar-refractivity contribution in [3.63, 3.8) is 0 Å². The summed E-state index contributed by atoms with van der Waals surface area (Å²) in [6.45, 7) is 8.62. The summed E-state index contributed by atoms with van der Waals surface area (Å²) in [5.41, 5.74) is 5.10. The lowest BCUT2D eigenvalue weighted by Gasteiger charge is -2.07. The van der Waals surface area contributed by atoms with Gasteiger partial charge in [-0.2, -0.15) is 0 Å². The quantitative estimate of drug-likeness (QED) is 0.708. The first kappa shape index (κ1) is 14.7. The van der Waals surface area contributed by atoms with Crippen molar-refractivity contribution in [1.29, 1.82) is 0 Å². The summed E-state index contributed by atoms with van der Waals surface area (Å²) in [5, 5.41) is 2.56. The molecule has 0 aliphatic heterocycles. The smallest absolute Gasteiger partial charge is 0.407 e. The summed E-state index contributed by atoms with van der Waals surface area (Å²) < 4.78 is 4.63. The number of hydrogen-bond donors (Lipinski definition) is 2. The highest BCUT2D eigenvalue weighted by molar-refractivity contribution is 5.67. The molecule has 0 spiro atoms. The lowest BCUT2D eigenvalue weighted by Crippen LogP contribution is -2.31. The van der Waals surface area contributed by atoms with Crippen LogP contribution in [-0.4, -0.2) is 25.3 Å². The van der Waals surface area contributed by atoms with Gasteiger partial charge in [-0.25, -0.2) is 4.79 Å². The predicted octanol–water partition coefficient (Wildman–Crippen LogP) is 1.50. The van der Waals surface area contributed by atoms with Crippen LogP contribution in [0, 0.1) is 0 Å². The topological polar surface area (TPSA) is 64.3 Å². The highest BCUT2D eigenvalue weighted by Crippen LogP contribution is 1.80. The normalized spacial score (nSPS) is 8.77. The molecular formula is C9H22N2O2. The zero-order valence-electron chi connectivity index (χ0n) is 9.09. The largest absolute Gasteiger partial charge is 0.448 e. The second kappa shape index (κ2) is 11.2. The van der Waals surface area contributed by atoms with Gasteiger partial charge in [-0.05, 0) is 13.8 Å². The number of ether oxygens (including phenoxy) is 1. The standard InChI is InChI=1S/C6H14N2O2.C3H8/c1-5(2)8-6(9)10-4-3-7;1-3-2/h5H,3-4,7H2,1-2H3,(H,8,9);3H2,1-2H3. The van der Waals surface area contributed by atoms with E-state index in [1.165, 1.54) is 6.42 Å². The molecule has 4 nitrogen and oxygen atoms in total. The van der Waals surface area contributed by atoms with Crippen LogP contribution in [0.2, 0.25) is 0 Å². The number of amides is 1. The molecule has 0 aromatic heterocycles. The van der Waals surface area contributed by atoms with Gasteiger partial charge in [0, 0.05) is 12.6 Å². The molecule has 0 aromatic carbocycles. The summed E-state index contributed by atoms with van der Waals surface area (Å²) in [4.78, 5) is 10.6. The first-order valence-corrected chi connectivity index (χ1v) is 4.71. The maximum absolute atomic E-state index is 10.6. The average molecular weight is 190 g/mol. The van der Waals surface area contributed by atoms with Gasteiger partial charge in [0.05, 0.1) is 0 Å². The van der Waals surface area contributed by atoms with E-state index in [1.807, 2.05) is 13.8 Å². The second-order valence-electron chi connectivity index (χ2n) is 2.93. The first-order chi connectivity index (χ1) is 6.08. The molecule has 4 heteroatoms. The summed E-state index contributed by atoms with van der Waals surface area (Å²) in [6, 6.07) is 0.116. The van der Waals surface area contributed by atoms with E-state index < -0.39 is 6.09 Å². The Morgan fingerprint density at radius 3 is 2.23 bits per heavy atom. The Morgan fingerprint density at radius 1 is 1.46 bits per heavy atom. The predicted molar refractivity (Wildman–Crippen MR) is 54.6 cm³/mol. The van der Waals surface area contributed by atoms with Crippen LogP contribution in [0.1, 0.15) is 34.1 Å². The van der Waals surface area contributed by atoms with Crippen molar-refractivity contribution in [2.75, 3.05) is 13.2 Å². The van der Waals surface area contributed by atoms with Crippen LogP contribution in [-0.2, 0) is 4.74 Å². The van der Waals surface area contributed by atoms with E-state index in [0.717, 1.165) is 0 Å². The zero-order valence-corrected chi connectivity index (χ0v) is 9.09. The van der Waals surface area contributed by atoms with Crippen molar-refractivity contribution in [3.05, 3.63) is 0 Å². The Balaban J connectivity index is 0. The van der Waals surface area contributed by atoms with E-state index in [0.29, 0.717) is 6.54 Å². The van der Waals surface area contributed by atoms with Gasteiger partial charge < -0.3 is 15.8 Å². The van der Waals surface area contributed by atoms with Crippen molar-refractivity contribution in [2.24, 2.45) is 5.73 Å². The number of carbonyl (C=O) groups is 1. The first-order valence-electron chi connectivity index (χ1n) is 4.71. The highest BCUT2D eigenvalue weighted by Gasteiger charge is 2.01. The van der Waals surface area contributed by atoms with Gasteiger partial charge in [-0.1, -0.05) is 20.3 Å². The molecule has 0 atom stereocenters. The van der Waals surface area contributed by atoms with Gasteiger partial charge in [0.15, 0.2) is 0 Å². The fourth-order valence-electron chi connectivity index (χ4n) is 0.429. The van der Waals surface area contributed by atoms with Gasteiger partial charge >= 0.3 is 6.09 Å². The number of carbonyl (C=O) groups excluding carboxylic acids is 1. The van der Waals surface area contributed by atoms with Crippen LogP contribution in [0.3, 0.4) is 0 Å². The molecule has 0 rings (SSSR count). The lowest BCUT2D eigenvalue weighted by molar-refractivity contribution is 0.147. The molecule has 0 bridgehead atoms. The van der Waals surface area contributed by atoms with Gasteiger partial charge in [0.1, 0.15) is 6.61 Å². The molecule has 0 aliphatic rings. The maximum Gasteiger partial charge on any atom is 0.407 e. The molecular weight excluding hydrogens is 168 g/mol. The molecule has 0 unspecified atom stereocenters. The SMILES string of the molecule is CC(C)NC(=O)OCCN.CCC. The van der Waals surface area contributed by atoms with E-state index >= 15 is 0 Å². The number of rotatable bonds is 3. The van der Waals surface area contributed by atoms with Crippen LogP contribution in [0.4, 0.5) is 4.79 Å². The summed E-state index contributed by atoms with van der Waals surface area (Å²) >= 11 is 0. The van der Waals surface area contributed by atoms with Crippen molar-refractivity contribution in [2.45, 2.75) is 40.2 Å². The number of nitrogens with two attached hydrogens (primary N) is 1. The molecule has 13 heavy (non-hydrogen) atoms. The number of nitrogens with one attached hydrogen (secondary N) is 1. The van der Waals surface area contributed by atoms with Crippen LogP contribution >= 0.6 is 0 Å². The Labute approximate surface area is 80.8 Å². The Kier molecular flexibility index (Phi) is 12.7. The third kappa shape index (κ3) is 18.3. The third-order valence-electron chi connectivity index (χ3n) is 0.758. The van der Waals surface area contributed by atoms with E-state index in [-0.39, 0.29) is 12.6 Å². The molecule has 0 heterocycles. The van der Waals surface area contributed by atoms with Crippen molar-refractivity contribution in [1.82, 2.24) is 5.32 Å².